The van der Waals surface area contributed by atoms with Crippen LogP contribution in [0.4, 0.5) is 0 Å². The maximum absolute atomic E-state index is 10.3. The van der Waals surface area contributed by atoms with E-state index < -0.39 is 5.97 Å². The number of aromatic nitrogens is 1. The van der Waals surface area contributed by atoms with Gasteiger partial charge in [-0.15, -0.1) is 0 Å². The van der Waals surface area contributed by atoms with Crippen LogP contribution in [0.25, 0.3) is 0 Å². The lowest BCUT2D eigenvalue weighted by atomic mass is 10.0. The molecule has 0 unspecified atom stereocenters. The molecule has 3 nitrogen and oxygen atoms in total. The number of hydrogen-bond acceptors (Lipinski definition) is 2. The van der Waals surface area contributed by atoms with Gasteiger partial charge in [-0.05, 0) is 31.7 Å². The molecule has 26 heavy (non-hydrogen) atoms. The van der Waals surface area contributed by atoms with E-state index in [0.717, 1.165) is 12.8 Å². The molecule has 0 radical (unpaired) electrons. The smallest absolute Gasteiger partial charge is 0.181 e. The molecule has 0 bridgehead atoms. The molecule has 1 aromatic heterocycles. The van der Waals surface area contributed by atoms with Crippen molar-refractivity contribution in [2.45, 2.75) is 103 Å². The van der Waals surface area contributed by atoms with Crippen molar-refractivity contribution >= 4 is 5.97 Å². The lowest BCUT2D eigenvalue weighted by Gasteiger charge is -2.05. The molecule has 0 fully saturated rings. The van der Waals surface area contributed by atoms with Crippen LogP contribution in [0.15, 0.2) is 18.3 Å². The van der Waals surface area contributed by atoms with Crippen molar-refractivity contribution in [3.05, 3.63) is 29.6 Å². The Balaban J connectivity index is 1.82. The number of carboxylic acids is 1. The van der Waals surface area contributed by atoms with Crippen LogP contribution in [-0.4, -0.2) is 5.97 Å². The summed E-state index contributed by atoms with van der Waals surface area (Å²) in [6.07, 6.45) is 20.0. The second-order valence-corrected chi connectivity index (χ2v) is 7.70. The molecule has 0 aliphatic heterocycles. The third-order valence-electron chi connectivity index (χ3n) is 5.43. The van der Waals surface area contributed by atoms with Crippen LogP contribution < -0.4 is 9.67 Å². The summed E-state index contributed by atoms with van der Waals surface area (Å²) < 4.78 is 2.21. The zero-order valence-corrected chi connectivity index (χ0v) is 17.1. The molecule has 0 aliphatic carbocycles. The molecule has 3 heteroatoms. The van der Waals surface area contributed by atoms with Gasteiger partial charge in [0.15, 0.2) is 11.9 Å². The summed E-state index contributed by atoms with van der Waals surface area (Å²) in [5, 5.41) is 10.3. The quantitative estimate of drug-likeness (QED) is 0.320. The molecular weight excluding hydrogens is 322 g/mol. The topological polar surface area (TPSA) is 44.0 Å². The predicted octanol–water partition coefficient (Wildman–Crippen LogP) is 4.57. The van der Waals surface area contributed by atoms with Crippen molar-refractivity contribution in [1.82, 2.24) is 0 Å². The normalized spacial score (nSPS) is 11.0. The highest BCUT2D eigenvalue weighted by atomic mass is 16.4. The van der Waals surface area contributed by atoms with Gasteiger partial charge in [0.25, 0.3) is 0 Å². The maximum atomic E-state index is 10.3. The standard InChI is InChI=1S/C23H39NO2/c1-21-22(18-16-20-24(21)2)17-14-12-10-8-6-4-3-5-7-9-11-13-15-19-23(25)26/h16,18,20H,3-15,17,19H2,1-2H3. The molecule has 0 amide bonds. The summed E-state index contributed by atoms with van der Waals surface area (Å²) in [7, 11) is 2.12. The second-order valence-electron chi connectivity index (χ2n) is 7.70. The van der Waals surface area contributed by atoms with E-state index in [0.29, 0.717) is 0 Å². The van der Waals surface area contributed by atoms with Crippen LogP contribution in [0.1, 0.15) is 101 Å². The fraction of sp³-hybridized carbons (Fsp3) is 0.739. The minimum Gasteiger partial charge on any atom is -0.550 e. The fourth-order valence-corrected chi connectivity index (χ4v) is 3.54. The Bertz CT molecular complexity index is 499. The van der Waals surface area contributed by atoms with Gasteiger partial charge in [-0.25, -0.2) is 4.57 Å². The number of carbonyl (C=O) groups excluding carboxylic acids is 1. The van der Waals surface area contributed by atoms with E-state index in [-0.39, 0.29) is 6.42 Å². The summed E-state index contributed by atoms with van der Waals surface area (Å²) in [5.74, 6) is -0.908. The zero-order valence-electron chi connectivity index (χ0n) is 17.1. The zero-order chi connectivity index (χ0) is 19.0. The molecule has 0 aliphatic rings. The lowest BCUT2D eigenvalue weighted by molar-refractivity contribution is -0.678. The van der Waals surface area contributed by atoms with Gasteiger partial charge in [0, 0.05) is 24.5 Å². The highest BCUT2D eigenvalue weighted by molar-refractivity contribution is 5.64. The van der Waals surface area contributed by atoms with E-state index in [9.17, 15) is 9.90 Å². The van der Waals surface area contributed by atoms with Gasteiger partial charge in [-0.1, -0.05) is 70.6 Å². The molecule has 0 aromatic carbocycles. The Kier molecular flexibility index (Phi) is 12.9. The predicted molar refractivity (Wildman–Crippen MR) is 106 cm³/mol. The number of aliphatic carboxylic acids is 1. The van der Waals surface area contributed by atoms with Crippen LogP contribution in [-0.2, 0) is 18.3 Å². The second kappa shape index (κ2) is 14.8. The lowest BCUT2D eigenvalue weighted by Crippen LogP contribution is -2.32. The summed E-state index contributed by atoms with van der Waals surface area (Å²) in [6.45, 7) is 2.21. The van der Waals surface area contributed by atoms with Gasteiger partial charge in [-0.3, -0.25) is 0 Å². The monoisotopic (exact) mass is 361 g/mol. The maximum Gasteiger partial charge on any atom is 0.181 e. The molecule has 0 saturated heterocycles. The molecule has 1 aromatic rings. The third-order valence-corrected chi connectivity index (χ3v) is 5.43. The van der Waals surface area contributed by atoms with Crippen LogP contribution in [0, 0.1) is 6.92 Å². The number of hydrogen-bond donors (Lipinski definition) is 0. The molecule has 1 heterocycles. The average molecular weight is 362 g/mol. The Morgan fingerprint density at radius 3 is 1.81 bits per heavy atom. The number of nitrogens with zero attached hydrogens (tertiary/aromatic N) is 1. The summed E-state index contributed by atoms with van der Waals surface area (Å²) in [4.78, 5) is 10.3. The minimum atomic E-state index is -0.908. The van der Waals surface area contributed by atoms with Gasteiger partial charge < -0.3 is 9.90 Å². The van der Waals surface area contributed by atoms with E-state index in [4.69, 9.17) is 0 Å². The number of aryl methyl sites for hydroxylation is 2. The first-order valence-corrected chi connectivity index (χ1v) is 10.7. The van der Waals surface area contributed by atoms with Gasteiger partial charge in [0.2, 0.25) is 0 Å². The van der Waals surface area contributed by atoms with Gasteiger partial charge >= 0.3 is 0 Å². The number of rotatable bonds is 16. The molecule has 1 rings (SSSR count). The number of pyridine rings is 1. The number of carbonyl (C=O) groups is 1. The van der Waals surface area contributed by atoms with Crippen LogP contribution in [0.3, 0.4) is 0 Å². The van der Waals surface area contributed by atoms with Gasteiger partial charge in [0.1, 0.15) is 7.05 Å². The molecule has 0 atom stereocenters. The van der Waals surface area contributed by atoms with E-state index in [1.54, 1.807) is 0 Å². The van der Waals surface area contributed by atoms with E-state index in [1.165, 1.54) is 88.3 Å². The van der Waals surface area contributed by atoms with Crippen molar-refractivity contribution in [3.8, 4) is 0 Å². The summed E-state index contributed by atoms with van der Waals surface area (Å²) in [5.41, 5.74) is 2.89. The van der Waals surface area contributed by atoms with Crippen molar-refractivity contribution < 1.29 is 14.5 Å². The van der Waals surface area contributed by atoms with Crippen LogP contribution in [0.5, 0.6) is 0 Å². The van der Waals surface area contributed by atoms with Crippen LogP contribution >= 0.6 is 0 Å². The number of carboxylic acid groups (broad SMARTS) is 1. The van der Waals surface area contributed by atoms with Crippen molar-refractivity contribution in [3.63, 3.8) is 0 Å². The van der Waals surface area contributed by atoms with Crippen molar-refractivity contribution in [2.75, 3.05) is 0 Å². The third kappa shape index (κ3) is 11.3. The molecule has 0 saturated carbocycles. The first kappa shape index (κ1) is 22.7. The largest absolute Gasteiger partial charge is 0.550 e. The Morgan fingerprint density at radius 1 is 0.846 bits per heavy atom. The Labute approximate surface area is 160 Å². The Morgan fingerprint density at radius 2 is 1.31 bits per heavy atom. The van der Waals surface area contributed by atoms with Gasteiger partial charge in [0.05, 0.1) is 0 Å². The highest BCUT2D eigenvalue weighted by Crippen LogP contribution is 2.14. The molecule has 148 valence electrons. The molecule has 0 spiro atoms. The summed E-state index contributed by atoms with van der Waals surface area (Å²) >= 11 is 0. The minimum absolute atomic E-state index is 0.226. The average Bonchev–Trinajstić information content (AvgIpc) is 2.61. The summed E-state index contributed by atoms with van der Waals surface area (Å²) in [6, 6.07) is 4.41. The van der Waals surface area contributed by atoms with Crippen molar-refractivity contribution in [2.24, 2.45) is 7.05 Å². The molecular formula is C23H39NO2. The van der Waals surface area contributed by atoms with E-state index in [1.807, 2.05) is 0 Å². The first-order chi connectivity index (χ1) is 12.6. The SMILES string of the molecule is Cc1c(CCCCCCCCCCCCCCCC(=O)[O-])ccc[n+]1C. The highest BCUT2D eigenvalue weighted by Gasteiger charge is 2.06. The Hall–Kier alpha value is -1.38. The van der Waals surface area contributed by atoms with Crippen LogP contribution in [0.2, 0.25) is 0 Å². The number of unbranched alkanes of at least 4 members (excludes halogenated alkanes) is 12. The fourth-order valence-electron chi connectivity index (χ4n) is 3.54. The first-order valence-electron chi connectivity index (χ1n) is 10.7. The van der Waals surface area contributed by atoms with E-state index >= 15 is 0 Å². The van der Waals surface area contributed by atoms with Gasteiger partial charge in [-0.2, -0.15) is 0 Å². The molecule has 0 N–H and O–H groups in total. The van der Waals surface area contributed by atoms with E-state index in [2.05, 4.69) is 36.9 Å². The van der Waals surface area contributed by atoms with Crippen molar-refractivity contribution in [1.29, 1.82) is 0 Å².